The van der Waals surface area contributed by atoms with Crippen molar-refractivity contribution in [1.82, 2.24) is 23.4 Å². The van der Waals surface area contributed by atoms with Crippen molar-refractivity contribution in [2.24, 2.45) is 11.8 Å². The maximum Gasteiger partial charge on any atom is 0.261 e. The minimum atomic E-state index is -3.75. The van der Waals surface area contributed by atoms with E-state index in [1.54, 1.807) is 35.6 Å². The summed E-state index contributed by atoms with van der Waals surface area (Å²) in [6.07, 6.45) is 9.51. The summed E-state index contributed by atoms with van der Waals surface area (Å²) in [5.74, 6) is 3.10. The fraction of sp³-hybridized carbons (Fsp3) is 0.659. The molecule has 11 nitrogen and oxygen atoms in total. The maximum atomic E-state index is 13.4. The molecule has 0 unspecified atom stereocenters. The van der Waals surface area contributed by atoms with Crippen LogP contribution in [0.5, 0.6) is 0 Å². The van der Waals surface area contributed by atoms with Crippen LogP contribution in [0.3, 0.4) is 0 Å². The van der Waals surface area contributed by atoms with Crippen LogP contribution in [0.1, 0.15) is 111 Å². The van der Waals surface area contributed by atoms with Crippen molar-refractivity contribution in [3.05, 3.63) is 48.0 Å². The highest BCUT2D eigenvalue weighted by Gasteiger charge is 2.31. The monoisotopic (exact) mass is 817 g/mol. The molecule has 0 spiro atoms. The second-order valence-electron chi connectivity index (χ2n) is 17.8. The number of sulfonamides is 1. The van der Waals surface area contributed by atoms with E-state index >= 15 is 0 Å². The second kappa shape index (κ2) is 16.7. The first-order valence-electron chi connectivity index (χ1n) is 19.9. The van der Waals surface area contributed by atoms with Crippen LogP contribution in [0.15, 0.2) is 46.2 Å². The quantitative estimate of drug-likeness (QED) is 0.162. The number of halogens is 1. The number of aromatic nitrogens is 4. The molecule has 55 heavy (non-hydrogen) atoms. The summed E-state index contributed by atoms with van der Waals surface area (Å²) in [4.78, 5) is 10.1. The molecule has 1 aliphatic carbocycles. The predicted octanol–water partition coefficient (Wildman–Crippen LogP) is 8.40. The fourth-order valence-corrected chi connectivity index (χ4v) is 10.4. The summed E-state index contributed by atoms with van der Waals surface area (Å²) in [7, 11) is -0.0721. The first-order chi connectivity index (χ1) is 25.8. The van der Waals surface area contributed by atoms with Gasteiger partial charge in [-0.15, -0.1) is 0 Å². The van der Waals surface area contributed by atoms with E-state index < -0.39 is 19.1 Å². The van der Waals surface area contributed by atoms with E-state index in [-0.39, 0.29) is 21.8 Å². The van der Waals surface area contributed by atoms with Crippen molar-refractivity contribution in [3.8, 4) is 0 Å². The number of hydrogen-bond donors (Lipinski definition) is 0. The molecule has 7 rings (SSSR count). The van der Waals surface area contributed by atoms with Crippen molar-refractivity contribution in [1.29, 1.82) is 0 Å². The lowest BCUT2D eigenvalue weighted by atomic mass is 9.94. The van der Waals surface area contributed by atoms with Crippen LogP contribution < -0.4 is 0 Å². The molecule has 2 aromatic heterocycles. The molecule has 3 fully saturated rings. The lowest BCUT2D eigenvalue weighted by molar-refractivity contribution is 0.0610. The fourth-order valence-electron chi connectivity index (χ4n) is 8.23. The summed E-state index contributed by atoms with van der Waals surface area (Å²) < 4.78 is 67.0. The van der Waals surface area contributed by atoms with Gasteiger partial charge in [0.05, 0.1) is 31.9 Å². The van der Waals surface area contributed by atoms with Crippen molar-refractivity contribution < 1.29 is 26.3 Å². The van der Waals surface area contributed by atoms with Gasteiger partial charge in [0, 0.05) is 74.1 Å². The molecule has 0 bridgehead atoms. The summed E-state index contributed by atoms with van der Waals surface area (Å²) in [5, 5.41) is 0. The van der Waals surface area contributed by atoms with E-state index in [0.29, 0.717) is 22.2 Å². The SMILES string of the molecule is CC(C)(C)c1nc2cc(S(=O)(=O)Cl)ccc2n1CC1CCOCC1.CN(C1CCCCC1)S(=O)(=O)c1ccc2c(c1)nc(C(C)(C)C)n2CC1CCOCC1. The van der Waals surface area contributed by atoms with Crippen LogP contribution >= 0.6 is 10.7 Å². The van der Waals surface area contributed by atoms with E-state index in [1.165, 1.54) is 6.42 Å². The third-order valence-corrected chi connectivity index (χ3v) is 14.6. The first-order valence-corrected chi connectivity index (χ1v) is 23.7. The van der Waals surface area contributed by atoms with E-state index in [0.717, 1.165) is 119 Å². The first kappa shape index (κ1) is 42.1. The van der Waals surface area contributed by atoms with Gasteiger partial charge in [-0.1, -0.05) is 60.8 Å². The third-order valence-electron chi connectivity index (χ3n) is 11.4. The van der Waals surface area contributed by atoms with Gasteiger partial charge in [0.1, 0.15) is 11.6 Å². The largest absolute Gasteiger partial charge is 0.381 e. The van der Waals surface area contributed by atoms with E-state index in [2.05, 4.69) is 50.7 Å². The van der Waals surface area contributed by atoms with Gasteiger partial charge in [0.15, 0.2) is 0 Å². The van der Waals surface area contributed by atoms with Crippen LogP contribution in [-0.2, 0) is 52.5 Å². The second-order valence-corrected chi connectivity index (χ2v) is 22.3. The normalized spacial score (nSPS) is 18.9. The number of fused-ring (bicyclic) bond motifs is 2. The Labute approximate surface area is 332 Å². The lowest BCUT2D eigenvalue weighted by Crippen LogP contribution is -2.38. The highest BCUT2D eigenvalue weighted by molar-refractivity contribution is 8.13. The van der Waals surface area contributed by atoms with Gasteiger partial charge < -0.3 is 18.6 Å². The standard InChI is InChI=1S/C24H37N3O3S.C17H23ClN2O3S/c1-24(2,3)23-25-21-16-20(31(28,29)26(4)19-8-6-5-7-9-19)10-11-22(21)27(23)17-18-12-14-30-15-13-18;1-17(2,3)16-19-14-10-13(24(18,21)22)4-5-15(14)20(16)11-12-6-8-23-9-7-12/h10-11,16,18-19H,5-9,12-15,17H2,1-4H3;4-5,10,12H,6-9,11H2,1-3H3. The molecule has 1 saturated carbocycles. The Bertz CT molecular complexity index is 2170. The Morgan fingerprint density at radius 1 is 0.673 bits per heavy atom. The molecule has 4 aromatic rings. The van der Waals surface area contributed by atoms with Crippen LogP contribution in [0.4, 0.5) is 0 Å². The zero-order valence-electron chi connectivity index (χ0n) is 33.7. The Morgan fingerprint density at radius 2 is 1.09 bits per heavy atom. The number of benzene rings is 2. The molecular formula is C41H60ClN5O6S2. The van der Waals surface area contributed by atoms with Crippen LogP contribution in [0.2, 0.25) is 0 Å². The van der Waals surface area contributed by atoms with Crippen LogP contribution in [-0.4, -0.2) is 79.8 Å². The molecule has 0 amide bonds. The van der Waals surface area contributed by atoms with Gasteiger partial charge in [0.2, 0.25) is 10.0 Å². The number of ether oxygens (including phenoxy) is 2. The Kier molecular flexibility index (Phi) is 12.8. The maximum absolute atomic E-state index is 13.4. The highest BCUT2D eigenvalue weighted by Crippen LogP contribution is 2.33. The Balaban J connectivity index is 0.000000193. The van der Waals surface area contributed by atoms with E-state index in [4.69, 9.17) is 30.1 Å². The average molecular weight is 819 g/mol. The van der Waals surface area contributed by atoms with Crippen molar-refractivity contribution in [2.45, 2.75) is 139 Å². The topological polar surface area (TPSA) is 126 Å². The summed E-state index contributed by atoms with van der Waals surface area (Å²) in [6, 6.07) is 10.5. The molecule has 2 aromatic carbocycles. The summed E-state index contributed by atoms with van der Waals surface area (Å²) in [6.45, 7) is 17.9. The van der Waals surface area contributed by atoms with Gasteiger partial charge >= 0.3 is 0 Å². The number of imidazole rings is 2. The van der Waals surface area contributed by atoms with Gasteiger partial charge in [-0.05, 0) is 86.8 Å². The molecular weight excluding hydrogens is 758 g/mol. The summed E-state index contributed by atoms with van der Waals surface area (Å²) >= 11 is 0. The minimum absolute atomic E-state index is 0.0906. The smallest absolute Gasteiger partial charge is 0.261 e. The van der Waals surface area contributed by atoms with Gasteiger partial charge in [-0.3, -0.25) is 0 Å². The highest BCUT2D eigenvalue weighted by atomic mass is 35.7. The zero-order chi connectivity index (χ0) is 39.8. The molecule has 304 valence electrons. The molecule has 4 heterocycles. The van der Waals surface area contributed by atoms with Crippen molar-refractivity contribution in [3.63, 3.8) is 0 Å². The zero-order valence-corrected chi connectivity index (χ0v) is 36.1. The number of hydrogen-bond acceptors (Lipinski definition) is 8. The number of rotatable bonds is 8. The lowest BCUT2D eigenvalue weighted by Gasteiger charge is -2.30. The average Bonchev–Trinajstić information content (AvgIpc) is 3.70. The van der Waals surface area contributed by atoms with Gasteiger partial charge in [-0.25, -0.2) is 26.8 Å². The molecule has 14 heteroatoms. The Hall–Kier alpha value is -2.55. The Morgan fingerprint density at radius 3 is 1.51 bits per heavy atom. The molecule has 0 N–H and O–H groups in total. The third kappa shape index (κ3) is 9.77. The van der Waals surface area contributed by atoms with Gasteiger partial charge in [0.25, 0.3) is 9.05 Å². The molecule has 2 saturated heterocycles. The van der Waals surface area contributed by atoms with E-state index in [9.17, 15) is 16.8 Å². The van der Waals surface area contributed by atoms with Crippen LogP contribution in [0.25, 0.3) is 22.1 Å². The number of nitrogens with zero attached hydrogens (tertiary/aromatic N) is 5. The van der Waals surface area contributed by atoms with Gasteiger partial charge in [-0.2, -0.15) is 4.31 Å². The van der Waals surface area contributed by atoms with Crippen molar-refractivity contribution in [2.75, 3.05) is 33.5 Å². The molecule has 0 radical (unpaired) electrons. The van der Waals surface area contributed by atoms with Crippen molar-refractivity contribution >= 4 is 51.8 Å². The summed E-state index contributed by atoms with van der Waals surface area (Å²) in [5.41, 5.74) is 3.17. The van der Waals surface area contributed by atoms with Crippen LogP contribution in [0, 0.1) is 11.8 Å². The molecule has 3 aliphatic rings. The van der Waals surface area contributed by atoms with E-state index in [1.807, 2.05) is 12.1 Å². The predicted molar refractivity (Wildman–Crippen MR) is 219 cm³/mol. The molecule has 0 atom stereocenters. The minimum Gasteiger partial charge on any atom is -0.381 e. The molecule has 2 aliphatic heterocycles.